The first-order chi connectivity index (χ1) is 20.7. The fourth-order valence-corrected chi connectivity index (χ4v) is 5.97. The summed E-state index contributed by atoms with van der Waals surface area (Å²) >= 11 is 12.7. The summed E-state index contributed by atoms with van der Waals surface area (Å²) < 4.78 is 0. The Morgan fingerprint density at radius 3 is 0.857 bits per heavy atom. The molecule has 0 N–H and O–H groups in total. The Labute approximate surface area is 255 Å². The van der Waals surface area contributed by atoms with Gasteiger partial charge in [-0.1, -0.05) is 108 Å². The zero-order chi connectivity index (χ0) is 28.5. The van der Waals surface area contributed by atoms with Gasteiger partial charge in [-0.15, -0.1) is 0 Å². The van der Waals surface area contributed by atoms with Crippen molar-refractivity contribution in [2.45, 2.75) is 0 Å². The number of anilines is 6. The second-order valence-corrected chi connectivity index (χ2v) is 11.0. The predicted octanol–water partition coefficient (Wildman–Crippen LogP) is 12.2. The molecule has 0 saturated heterocycles. The van der Waals surface area contributed by atoms with Gasteiger partial charge in [-0.25, -0.2) is 0 Å². The van der Waals surface area contributed by atoms with Gasteiger partial charge in [0.1, 0.15) is 0 Å². The van der Waals surface area contributed by atoms with Gasteiger partial charge in [-0.05, 0) is 72.8 Å². The topological polar surface area (TPSA) is 6.48 Å². The largest absolute Gasteiger partial charge is 0.309 e. The quantitative estimate of drug-likeness (QED) is 0.142. The molecule has 0 saturated carbocycles. The van der Waals surface area contributed by atoms with Crippen molar-refractivity contribution in [1.29, 1.82) is 0 Å². The first kappa shape index (κ1) is 26.2. The van der Waals surface area contributed by atoms with Crippen LogP contribution >= 0.6 is 23.2 Å². The Morgan fingerprint density at radius 2 is 0.548 bits per heavy atom. The Balaban J connectivity index is 1.61. The van der Waals surface area contributed by atoms with Crippen molar-refractivity contribution < 1.29 is 0 Å². The average Bonchev–Trinajstić information content (AvgIpc) is 3.05. The molecule has 0 unspecified atom stereocenters. The van der Waals surface area contributed by atoms with Crippen molar-refractivity contribution >= 4 is 78.9 Å². The number of halogens is 2. The van der Waals surface area contributed by atoms with E-state index < -0.39 is 0 Å². The SMILES string of the molecule is Clc1ccc(N(c2ccccc2)c2c3ccccc3c(N(c3ccccc3)c3ccc(Cl)cc3)c3ccccc23)cc1. The van der Waals surface area contributed by atoms with Crippen LogP contribution in [0.4, 0.5) is 34.1 Å². The van der Waals surface area contributed by atoms with E-state index in [4.69, 9.17) is 23.2 Å². The maximum Gasteiger partial charge on any atom is 0.0619 e. The number of benzene rings is 7. The van der Waals surface area contributed by atoms with Gasteiger partial charge in [0.25, 0.3) is 0 Å². The summed E-state index contributed by atoms with van der Waals surface area (Å²) in [5.41, 5.74) is 6.43. The molecule has 2 nitrogen and oxygen atoms in total. The van der Waals surface area contributed by atoms with Crippen LogP contribution in [0.3, 0.4) is 0 Å². The molecule has 4 heteroatoms. The molecular weight excluding hydrogens is 555 g/mol. The number of nitrogens with zero attached hydrogens (tertiary/aromatic N) is 2. The van der Waals surface area contributed by atoms with E-state index in [1.165, 1.54) is 0 Å². The molecule has 0 amide bonds. The summed E-state index contributed by atoms with van der Waals surface area (Å²) in [5.74, 6) is 0. The number of fused-ring (bicyclic) bond motifs is 2. The predicted molar refractivity (Wildman–Crippen MR) is 181 cm³/mol. The van der Waals surface area contributed by atoms with Crippen LogP contribution in [-0.4, -0.2) is 0 Å². The standard InChI is InChI=1S/C38H26Cl2N2/c39-27-19-23-31(24-20-27)41(29-11-3-1-4-12-29)37-33-15-7-9-17-35(33)38(36-18-10-8-16-34(36)37)42(30-13-5-2-6-14-30)32-25-21-28(40)22-26-32/h1-26H. The van der Waals surface area contributed by atoms with Crippen LogP contribution in [0, 0.1) is 0 Å². The Morgan fingerprint density at radius 1 is 0.286 bits per heavy atom. The summed E-state index contributed by atoms with van der Waals surface area (Å²) in [6.45, 7) is 0. The van der Waals surface area contributed by atoms with E-state index in [0.29, 0.717) is 10.0 Å². The second-order valence-electron chi connectivity index (χ2n) is 10.1. The number of hydrogen-bond donors (Lipinski definition) is 0. The van der Waals surface area contributed by atoms with Crippen molar-refractivity contribution in [2.75, 3.05) is 9.80 Å². The summed E-state index contributed by atoms with van der Waals surface area (Å²) in [4.78, 5) is 4.67. The van der Waals surface area contributed by atoms with Gasteiger partial charge >= 0.3 is 0 Å². The second kappa shape index (κ2) is 11.3. The van der Waals surface area contributed by atoms with Crippen molar-refractivity contribution in [3.8, 4) is 0 Å². The monoisotopic (exact) mass is 580 g/mol. The van der Waals surface area contributed by atoms with Crippen LogP contribution < -0.4 is 9.80 Å². The van der Waals surface area contributed by atoms with E-state index in [1.54, 1.807) is 0 Å². The molecule has 0 fully saturated rings. The van der Waals surface area contributed by atoms with Crippen LogP contribution in [0.1, 0.15) is 0 Å². The minimum atomic E-state index is 0.707. The third-order valence-electron chi connectivity index (χ3n) is 7.52. The normalized spacial score (nSPS) is 11.1. The highest BCUT2D eigenvalue weighted by molar-refractivity contribution is 6.31. The fourth-order valence-electron chi connectivity index (χ4n) is 5.71. The lowest BCUT2D eigenvalue weighted by atomic mass is 9.95. The van der Waals surface area contributed by atoms with Crippen LogP contribution in [-0.2, 0) is 0 Å². The molecule has 0 aliphatic carbocycles. The van der Waals surface area contributed by atoms with E-state index in [1.807, 2.05) is 36.4 Å². The summed E-state index contributed by atoms with van der Waals surface area (Å²) in [6, 6.07) is 54.5. The van der Waals surface area contributed by atoms with E-state index in [2.05, 4.69) is 131 Å². The molecule has 7 aromatic rings. The van der Waals surface area contributed by atoms with E-state index >= 15 is 0 Å². The molecule has 0 aromatic heterocycles. The van der Waals surface area contributed by atoms with Crippen LogP contribution in [0.25, 0.3) is 21.5 Å². The van der Waals surface area contributed by atoms with E-state index in [-0.39, 0.29) is 0 Å². The number of rotatable bonds is 6. The molecule has 0 heterocycles. The highest BCUT2D eigenvalue weighted by Crippen LogP contribution is 2.50. The summed E-state index contributed by atoms with van der Waals surface area (Å²) in [7, 11) is 0. The third-order valence-corrected chi connectivity index (χ3v) is 8.02. The first-order valence-electron chi connectivity index (χ1n) is 13.8. The van der Waals surface area contributed by atoms with Gasteiger partial charge in [-0.3, -0.25) is 0 Å². The lowest BCUT2D eigenvalue weighted by Crippen LogP contribution is -2.14. The minimum Gasteiger partial charge on any atom is -0.309 e. The Kier molecular flexibility index (Phi) is 7.01. The van der Waals surface area contributed by atoms with Crippen molar-refractivity contribution in [3.63, 3.8) is 0 Å². The highest BCUT2D eigenvalue weighted by atomic mass is 35.5. The third kappa shape index (κ3) is 4.75. The molecule has 0 spiro atoms. The molecule has 0 aliphatic heterocycles. The zero-order valence-electron chi connectivity index (χ0n) is 22.7. The molecule has 0 bridgehead atoms. The van der Waals surface area contributed by atoms with Crippen molar-refractivity contribution in [2.24, 2.45) is 0 Å². The van der Waals surface area contributed by atoms with Crippen LogP contribution in [0.2, 0.25) is 10.0 Å². The fraction of sp³-hybridized carbons (Fsp3) is 0. The Hall–Kier alpha value is -4.76. The van der Waals surface area contributed by atoms with E-state index in [9.17, 15) is 0 Å². The number of hydrogen-bond acceptors (Lipinski definition) is 2. The van der Waals surface area contributed by atoms with Gasteiger partial charge in [0.2, 0.25) is 0 Å². The molecule has 0 radical (unpaired) electrons. The van der Waals surface area contributed by atoms with Gasteiger partial charge in [0, 0.05) is 54.3 Å². The smallest absolute Gasteiger partial charge is 0.0619 e. The highest BCUT2D eigenvalue weighted by Gasteiger charge is 2.25. The lowest BCUT2D eigenvalue weighted by Gasteiger charge is -2.32. The van der Waals surface area contributed by atoms with Gasteiger partial charge in [-0.2, -0.15) is 0 Å². The van der Waals surface area contributed by atoms with E-state index in [0.717, 1.165) is 55.7 Å². The van der Waals surface area contributed by atoms with Crippen molar-refractivity contribution in [3.05, 3.63) is 168 Å². The average molecular weight is 582 g/mol. The van der Waals surface area contributed by atoms with Crippen LogP contribution in [0.15, 0.2) is 158 Å². The van der Waals surface area contributed by atoms with Crippen molar-refractivity contribution in [1.82, 2.24) is 0 Å². The van der Waals surface area contributed by atoms with Gasteiger partial charge in [0.15, 0.2) is 0 Å². The molecule has 42 heavy (non-hydrogen) atoms. The molecule has 0 aliphatic rings. The summed E-state index contributed by atoms with van der Waals surface area (Å²) in [5, 5.41) is 5.97. The minimum absolute atomic E-state index is 0.707. The first-order valence-corrected chi connectivity index (χ1v) is 14.6. The lowest BCUT2D eigenvalue weighted by molar-refractivity contribution is 1.29. The number of para-hydroxylation sites is 2. The molecule has 202 valence electrons. The molecule has 7 aromatic carbocycles. The van der Waals surface area contributed by atoms with Gasteiger partial charge in [0.05, 0.1) is 11.4 Å². The zero-order valence-corrected chi connectivity index (χ0v) is 24.2. The molecule has 0 atom stereocenters. The van der Waals surface area contributed by atoms with Crippen LogP contribution in [0.5, 0.6) is 0 Å². The Bertz CT molecular complexity index is 1780. The molecule has 7 rings (SSSR count). The molecular formula is C38H26Cl2N2. The maximum atomic E-state index is 6.35. The van der Waals surface area contributed by atoms with Gasteiger partial charge < -0.3 is 9.80 Å². The maximum absolute atomic E-state index is 6.35. The summed E-state index contributed by atoms with van der Waals surface area (Å²) in [6.07, 6.45) is 0.